The van der Waals surface area contributed by atoms with Gasteiger partial charge in [-0.25, -0.2) is 4.79 Å². The lowest BCUT2D eigenvalue weighted by Gasteiger charge is -2.42. The molecule has 2 bridgehead atoms. The molecule has 0 saturated carbocycles. The van der Waals surface area contributed by atoms with Crippen molar-refractivity contribution in [3.05, 3.63) is 87.1 Å². The fourth-order valence-corrected chi connectivity index (χ4v) is 5.29. The van der Waals surface area contributed by atoms with Crippen LogP contribution < -0.4 is 15.9 Å². The van der Waals surface area contributed by atoms with E-state index in [1.807, 2.05) is 33.7 Å². The molecule has 7 nitrogen and oxygen atoms in total. The number of likely N-dealkylation sites (tertiary alicyclic amines) is 1. The van der Waals surface area contributed by atoms with Crippen molar-refractivity contribution in [3.8, 4) is 5.75 Å². The SMILES string of the molecule is O=C(COc1ccc2c(c1)oc(=O)c1ccccc12)N1CC2CC(C1)c1cccc(=O)n1C2. The number of carbonyl (C=O) groups is 1. The van der Waals surface area contributed by atoms with Crippen LogP contribution in [-0.2, 0) is 11.3 Å². The number of benzene rings is 2. The van der Waals surface area contributed by atoms with Crippen molar-refractivity contribution >= 4 is 27.6 Å². The molecule has 0 radical (unpaired) electrons. The van der Waals surface area contributed by atoms with E-state index in [9.17, 15) is 14.4 Å². The fourth-order valence-electron chi connectivity index (χ4n) is 5.29. The molecule has 4 aromatic rings. The van der Waals surface area contributed by atoms with Crippen molar-refractivity contribution in [2.75, 3.05) is 19.7 Å². The number of aromatic nitrogens is 1. The minimum absolute atomic E-state index is 0.0287. The Balaban J connectivity index is 1.19. The van der Waals surface area contributed by atoms with E-state index in [2.05, 4.69) is 0 Å². The molecule has 6 rings (SSSR count). The van der Waals surface area contributed by atoms with Crippen molar-refractivity contribution in [1.29, 1.82) is 0 Å². The molecule has 0 spiro atoms. The highest BCUT2D eigenvalue weighted by atomic mass is 16.5. The van der Waals surface area contributed by atoms with Gasteiger partial charge in [0, 0.05) is 48.8 Å². The lowest BCUT2D eigenvalue weighted by atomic mass is 9.83. The van der Waals surface area contributed by atoms with Crippen LogP contribution in [0.25, 0.3) is 21.7 Å². The molecular weight excluding hydrogens is 420 g/mol. The summed E-state index contributed by atoms with van der Waals surface area (Å²) in [4.78, 5) is 39.3. The smallest absolute Gasteiger partial charge is 0.344 e. The Morgan fingerprint density at radius 3 is 2.67 bits per heavy atom. The van der Waals surface area contributed by atoms with Gasteiger partial charge in [0.2, 0.25) is 0 Å². The van der Waals surface area contributed by atoms with Gasteiger partial charge in [0.15, 0.2) is 6.61 Å². The predicted octanol–water partition coefficient (Wildman–Crippen LogP) is 3.13. The predicted molar refractivity (Wildman–Crippen MR) is 124 cm³/mol. The molecule has 2 aromatic carbocycles. The van der Waals surface area contributed by atoms with Gasteiger partial charge in [-0.3, -0.25) is 9.59 Å². The van der Waals surface area contributed by atoms with E-state index >= 15 is 0 Å². The maximum atomic E-state index is 12.9. The van der Waals surface area contributed by atoms with Gasteiger partial charge in [-0.05, 0) is 42.0 Å². The topological polar surface area (TPSA) is 81.8 Å². The van der Waals surface area contributed by atoms with Crippen LogP contribution in [0.5, 0.6) is 5.75 Å². The summed E-state index contributed by atoms with van der Waals surface area (Å²) in [5, 5.41) is 2.18. The van der Waals surface area contributed by atoms with Gasteiger partial charge in [0.25, 0.3) is 11.5 Å². The summed E-state index contributed by atoms with van der Waals surface area (Å²) < 4.78 is 13.1. The third kappa shape index (κ3) is 3.40. The molecule has 2 aliphatic rings. The van der Waals surface area contributed by atoms with Gasteiger partial charge in [0.1, 0.15) is 11.3 Å². The number of hydrogen-bond donors (Lipinski definition) is 0. The number of hydrogen-bond acceptors (Lipinski definition) is 5. The van der Waals surface area contributed by atoms with E-state index in [-0.39, 0.29) is 29.9 Å². The van der Waals surface area contributed by atoms with Gasteiger partial charge < -0.3 is 18.6 Å². The monoisotopic (exact) mass is 442 g/mol. The van der Waals surface area contributed by atoms with Gasteiger partial charge in [-0.2, -0.15) is 0 Å². The van der Waals surface area contributed by atoms with Crippen LogP contribution in [0.15, 0.2) is 74.7 Å². The Morgan fingerprint density at radius 2 is 1.79 bits per heavy atom. The van der Waals surface area contributed by atoms with Crippen molar-refractivity contribution < 1.29 is 13.9 Å². The Labute approximate surface area is 188 Å². The number of piperidine rings is 1. The molecule has 7 heteroatoms. The van der Waals surface area contributed by atoms with Gasteiger partial charge in [0.05, 0.1) is 5.39 Å². The summed E-state index contributed by atoms with van der Waals surface area (Å²) in [5.74, 6) is 0.821. The average molecular weight is 442 g/mol. The van der Waals surface area contributed by atoms with E-state index in [1.165, 1.54) is 0 Å². The first kappa shape index (κ1) is 19.8. The molecule has 4 heterocycles. The zero-order valence-electron chi connectivity index (χ0n) is 17.9. The summed E-state index contributed by atoms with van der Waals surface area (Å²) in [6.45, 7) is 1.76. The van der Waals surface area contributed by atoms with E-state index in [4.69, 9.17) is 9.15 Å². The van der Waals surface area contributed by atoms with E-state index in [0.717, 1.165) is 22.9 Å². The third-order valence-corrected chi connectivity index (χ3v) is 6.79. The van der Waals surface area contributed by atoms with Gasteiger partial charge in [-0.15, -0.1) is 0 Å². The van der Waals surface area contributed by atoms with Crippen LogP contribution in [-0.4, -0.2) is 35.1 Å². The largest absolute Gasteiger partial charge is 0.484 e. The second-order valence-corrected chi connectivity index (χ2v) is 8.88. The maximum Gasteiger partial charge on any atom is 0.344 e. The van der Waals surface area contributed by atoms with Crippen LogP contribution in [0.4, 0.5) is 0 Å². The average Bonchev–Trinajstić information content (AvgIpc) is 2.83. The van der Waals surface area contributed by atoms with E-state index < -0.39 is 5.63 Å². The van der Waals surface area contributed by atoms with Crippen molar-refractivity contribution in [2.24, 2.45) is 5.92 Å². The van der Waals surface area contributed by atoms with Crippen LogP contribution in [0.2, 0.25) is 0 Å². The quantitative estimate of drug-likeness (QED) is 0.360. The second kappa shape index (κ2) is 7.62. The molecule has 2 aliphatic heterocycles. The number of fused-ring (bicyclic) bond motifs is 7. The zero-order valence-corrected chi connectivity index (χ0v) is 17.9. The summed E-state index contributed by atoms with van der Waals surface area (Å²) in [6, 6.07) is 18.0. The summed E-state index contributed by atoms with van der Waals surface area (Å²) in [5.41, 5.74) is 1.07. The van der Waals surface area contributed by atoms with E-state index in [0.29, 0.717) is 36.4 Å². The normalized spacial score (nSPS) is 19.5. The number of rotatable bonds is 3. The lowest BCUT2D eigenvalue weighted by Crippen LogP contribution is -2.50. The van der Waals surface area contributed by atoms with Crippen molar-refractivity contribution in [1.82, 2.24) is 9.47 Å². The van der Waals surface area contributed by atoms with Crippen molar-refractivity contribution in [2.45, 2.75) is 18.9 Å². The highest BCUT2D eigenvalue weighted by Gasteiger charge is 2.36. The first-order valence-corrected chi connectivity index (χ1v) is 11.1. The van der Waals surface area contributed by atoms with Gasteiger partial charge in [-0.1, -0.05) is 24.3 Å². The highest BCUT2D eigenvalue weighted by molar-refractivity contribution is 6.04. The third-order valence-electron chi connectivity index (χ3n) is 6.79. The Morgan fingerprint density at radius 1 is 0.939 bits per heavy atom. The summed E-state index contributed by atoms with van der Waals surface area (Å²) in [7, 11) is 0. The van der Waals surface area contributed by atoms with Crippen LogP contribution in [0.1, 0.15) is 18.0 Å². The molecule has 2 atom stereocenters. The van der Waals surface area contributed by atoms with Crippen LogP contribution in [0, 0.1) is 5.92 Å². The molecule has 1 amide bonds. The van der Waals surface area contributed by atoms with Crippen molar-refractivity contribution in [3.63, 3.8) is 0 Å². The Kier molecular flexibility index (Phi) is 4.57. The molecule has 33 heavy (non-hydrogen) atoms. The number of ether oxygens (including phenoxy) is 1. The highest BCUT2D eigenvalue weighted by Crippen LogP contribution is 2.35. The van der Waals surface area contributed by atoms with Crippen LogP contribution >= 0.6 is 0 Å². The fraction of sp³-hybridized carbons (Fsp3) is 0.269. The number of amides is 1. The molecule has 166 valence electrons. The number of carbonyl (C=O) groups excluding carboxylic acids is 1. The molecule has 1 fully saturated rings. The molecule has 1 saturated heterocycles. The molecule has 0 aliphatic carbocycles. The van der Waals surface area contributed by atoms with Gasteiger partial charge >= 0.3 is 5.63 Å². The first-order valence-electron chi connectivity index (χ1n) is 11.1. The minimum Gasteiger partial charge on any atom is -0.484 e. The summed E-state index contributed by atoms with van der Waals surface area (Å²) in [6.07, 6.45) is 0.992. The standard InChI is InChI=1S/C26H22N2O5/c29-24-7-3-6-22-17-10-16(13-28(22)24)12-27(14-17)25(30)15-32-18-8-9-20-19-4-1-2-5-21(19)26(31)33-23(20)11-18/h1-9,11,16-17H,10,12-15H2. The molecule has 0 N–H and O–H groups in total. The zero-order chi connectivity index (χ0) is 22.5. The Hall–Kier alpha value is -3.87. The Bertz CT molecular complexity index is 1520. The molecular formula is C26H22N2O5. The van der Waals surface area contributed by atoms with Crippen LogP contribution in [0.3, 0.4) is 0 Å². The second-order valence-electron chi connectivity index (χ2n) is 8.88. The minimum atomic E-state index is -0.398. The lowest BCUT2D eigenvalue weighted by molar-refractivity contribution is -0.136. The number of pyridine rings is 1. The molecule has 2 aromatic heterocycles. The first-order chi connectivity index (χ1) is 16.1. The van der Waals surface area contributed by atoms with E-state index in [1.54, 1.807) is 36.4 Å². The summed E-state index contributed by atoms with van der Waals surface area (Å²) >= 11 is 0. The molecule has 2 unspecified atom stereocenters. The number of nitrogens with zero attached hydrogens (tertiary/aromatic N) is 2. The maximum absolute atomic E-state index is 12.9.